The molecule has 0 atom stereocenters. The van der Waals surface area contributed by atoms with Gasteiger partial charge in [0.25, 0.3) is 0 Å². The molecule has 35 heavy (non-hydrogen) atoms. The normalized spacial score (nSPS) is 14.4. The molecule has 0 aliphatic carbocycles. The summed E-state index contributed by atoms with van der Waals surface area (Å²) in [6.07, 6.45) is 5.08. The largest absolute Gasteiger partial charge is 0.508 e. The van der Waals surface area contributed by atoms with E-state index in [0.29, 0.717) is 6.54 Å². The maximum absolute atomic E-state index is 10.1. The van der Waals surface area contributed by atoms with E-state index in [4.69, 9.17) is 4.74 Å². The zero-order valence-corrected chi connectivity index (χ0v) is 20.4. The van der Waals surface area contributed by atoms with Gasteiger partial charge in [-0.25, -0.2) is 0 Å². The van der Waals surface area contributed by atoms with Crippen molar-refractivity contribution in [2.75, 3.05) is 26.2 Å². The summed E-state index contributed by atoms with van der Waals surface area (Å²) in [6, 6.07) is 21.2. The van der Waals surface area contributed by atoms with E-state index < -0.39 is 0 Å². The van der Waals surface area contributed by atoms with E-state index >= 15 is 0 Å². The lowest BCUT2D eigenvalue weighted by Gasteiger charge is -2.26. The summed E-state index contributed by atoms with van der Waals surface area (Å²) in [7, 11) is 0. The van der Waals surface area contributed by atoms with Gasteiger partial charge < -0.3 is 24.4 Å². The summed E-state index contributed by atoms with van der Waals surface area (Å²) in [5, 5.41) is 20.9. The molecule has 1 aliphatic rings. The Bertz CT molecular complexity index is 1270. The number of piperidine rings is 1. The molecule has 0 saturated carbocycles. The Balaban J connectivity index is 1.32. The van der Waals surface area contributed by atoms with Gasteiger partial charge in [0.05, 0.1) is 12.3 Å². The minimum atomic E-state index is 0.248. The number of phenols is 2. The molecule has 5 heteroatoms. The standard InChI is InChI=1S/C30H34N2O3/c1-22-28-20-26(34)12-15-29(28)32(30(22)24-8-10-25(33)11-9-24)21-23-6-13-27(14-7-23)35-19-5-18-31-16-3-2-4-17-31/h6-15,20,33-34H,2-5,16-19,21H2,1H3. The Hall–Kier alpha value is -3.44. The topological polar surface area (TPSA) is 57.9 Å². The van der Waals surface area contributed by atoms with Crippen LogP contribution >= 0.6 is 0 Å². The van der Waals surface area contributed by atoms with Crippen molar-refractivity contribution in [3.8, 4) is 28.5 Å². The number of hydrogen-bond donors (Lipinski definition) is 2. The van der Waals surface area contributed by atoms with E-state index in [1.165, 1.54) is 37.9 Å². The van der Waals surface area contributed by atoms with E-state index in [1.807, 2.05) is 24.3 Å². The van der Waals surface area contributed by atoms with E-state index in [2.05, 4.69) is 40.7 Å². The Morgan fingerprint density at radius 3 is 2.29 bits per heavy atom. The van der Waals surface area contributed by atoms with Crippen LogP contribution in [0.5, 0.6) is 17.2 Å². The van der Waals surface area contributed by atoms with Gasteiger partial charge in [0, 0.05) is 24.0 Å². The zero-order chi connectivity index (χ0) is 24.2. The van der Waals surface area contributed by atoms with Crippen LogP contribution in [0.4, 0.5) is 0 Å². The van der Waals surface area contributed by atoms with Gasteiger partial charge in [0.15, 0.2) is 0 Å². The van der Waals surface area contributed by atoms with Crippen LogP contribution in [0.25, 0.3) is 22.2 Å². The highest BCUT2D eigenvalue weighted by Crippen LogP contribution is 2.36. The van der Waals surface area contributed by atoms with Crippen LogP contribution in [0.1, 0.15) is 36.8 Å². The van der Waals surface area contributed by atoms with E-state index in [-0.39, 0.29) is 11.5 Å². The Kier molecular flexibility index (Phi) is 6.96. The summed E-state index contributed by atoms with van der Waals surface area (Å²) in [5.41, 5.74) is 5.47. The van der Waals surface area contributed by atoms with Gasteiger partial charge in [0.2, 0.25) is 0 Å². The Morgan fingerprint density at radius 2 is 1.54 bits per heavy atom. The molecule has 1 aromatic heterocycles. The van der Waals surface area contributed by atoms with Crippen molar-refractivity contribution in [1.29, 1.82) is 0 Å². The summed E-state index contributed by atoms with van der Waals surface area (Å²) < 4.78 is 8.29. The number of benzene rings is 3. The van der Waals surface area contributed by atoms with Gasteiger partial charge in [0.1, 0.15) is 17.2 Å². The minimum absolute atomic E-state index is 0.248. The SMILES string of the molecule is Cc1c(-c2ccc(O)cc2)n(Cc2ccc(OCCCN3CCCCC3)cc2)c2ccc(O)cc12. The lowest BCUT2D eigenvalue weighted by molar-refractivity contribution is 0.205. The molecular weight excluding hydrogens is 436 g/mol. The number of phenolic OH excluding ortho intramolecular Hbond substituents is 2. The predicted octanol–water partition coefficient (Wildman–Crippen LogP) is 6.33. The van der Waals surface area contributed by atoms with Crippen molar-refractivity contribution in [3.05, 3.63) is 77.9 Å². The number of nitrogens with zero attached hydrogens (tertiary/aromatic N) is 2. The van der Waals surface area contributed by atoms with Crippen molar-refractivity contribution in [2.45, 2.75) is 39.2 Å². The quantitative estimate of drug-likeness (QED) is 0.295. The van der Waals surface area contributed by atoms with E-state index in [1.54, 1.807) is 18.2 Å². The zero-order valence-electron chi connectivity index (χ0n) is 20.4. The summed E-state index contributed by atoms with van der Waals surface area (Å²) in [6.45, 7) is 7.10. The molecule has 0 spiro atoms. The Labute approximate surface area is 207 Å². The van der Waals surface area contributed by atoms with Crippen LogP contribution in [0.3, 0.4) is 0 Å². The van der Waals surface area contributed by atoms with Gasteiger partial charge in [-0.15, -0.1) is 0 Å². The summed E-state index contributed by atoms with van der Waals surface area (Å²) >= 11 is 0. The number of aromatic hydroxyl groups is 2. The molecule has 182 valence electrons. The first-order chi connectivity index (χ1) is 17.1. The number of hydrogen-bond acceptors (Lipinski definition) is 4. The lowest BCUT2D eigenvalue weighted by atomic mass is 10.1. The second-order valence-electron chi connectivity index (χ2n) is 9.56. The molecule has 5 rings (SSSR count). The number of likely N-dealkylation sites (tertiary alicyclic amines) is 1. The third-order valence-corrected chi connectivity index (χ3v) is 7.04. The molecule has 2 heterocycles. The van der Waals surface area contributed by atoms with Gasteiger partial charge in [-0.2, -0.15) is 0 Å². The molecule has 0 bridgehead atoms. The first kappa shape index (κ1) is 23.3. The highest BCUT2D eigenvalue weighted by atomic mass is 16.5. The second-order valence-corrected chi connectivity index (χ2v) is 9.56. The van der Waals surface area contributed by atoms with E-state index in [0.717, 1.165) is 53.0 Å². The highest BCUT2D eigenvalue weighted by Gasteiger charge is 2.17. The molecule has 1 aliphatic heterocycles. The number of aromatic nitrogens is 1. The average molecular weight is 471 g/mol. The van der Waals surface area contributed by atoms with Crippen LogP contribution < -0.4 is 4.74 Å². The molecule has 4 aromatic rings. The van der Waals surface area contributed by atoms with Gasteiger partial charge in [-0.05, 0) is 111 Å². The van der Waals surface area contributed by atoms with Crippen LogP contribution in [-0.4, -0.2) is 45.9 Å². The number of ether oxygens (including phenoxy) is 1. The van der Waals surface area contributed by atoms with Crippen molar-refractivity contribution < 1.29 is 14.9 Å². The first-order valence-electron chi connectivity index (χ1n) is 12.6. The summed E-state index contributed by atoms with van der Waals surface area (Å²) in [5.74, 6) is 1.42. The van der Waals surface area contributed by atoms with Crippen LogP contribution in [0.15, 0.2) is 66.7 Å². The van der Waals surface area contributed by atoms with Crippen LogP contribution in [-0.2, 0) is 6.54 Å². The van der Waals surface area contributed by atoms with Crippen LogP contribution in [0.2, 0.25) is 0 Å². The molecule has 0 radical (unpaired) electrons. The van der Waals surface area contributed by atoms with Crippen LogP contribution in [0, 0.1) is 6.92 Å². The number of fused-ring (bicyclic) bond motifs is 1. The van der Waals surface area contributed by atoms with Crippen molar-refractivity contribution in [2.24, 2.45) is 0 Å². The Morgan fingerprint density at radius 1 is 0.829 bits per heavy atom. The molecule has 3 aromatic carbocycles. The van der Waals surface area contributed by atoms with Crippen molar-refractivity contribution >= 4 is 10.9 Å². The van der Waals surface area contributed by atoms with E-state index in [9.17, 15) is 10.2 Å². The third-order valence-electron chi connectivity index (χ3n) is 7.04. The molecular formula is C30H34N2O3. The molecule has 0 unspecified atom stereocenters. The molecule has 1 fully saturated rings. The number of aryl methyl sites for hydroxylation is 1. The second kappa shape index (κ2) is 10.4. The maximum atomic E-state index is 10.1. The fraction of sp³-hybridized carbons (Fsp3) is 0.333. The average Bonchev–Trinajstić information content (AvgIpc) is 3.14. The third kappa shape index (κ3) is 5.30. The summed E-state index contributed by atoms with van der Waals surface area (Å²) in [4.78, 5) is 2.55. The lowest BCUT2D eigenvalue weighted by Crippen LogP contribution is -2.31. The highest BCUT2D eigenvalue weighted by molar-refractivity contribution is 5.92. The molecule has 1 saturated heterocycles. The smallest absolute Gasteiger partial charge is 0.119 e. The van der Waals surface area contributed by atoms with Gasteiger partial charge >= 0.3 is 0 Å². The molecule has 2 N–H and O–H groups in total. The maximum Gasteiger partial charge on any atom is 0.119 e. The number of rotatable bonds is 8. The van der Waals surface area contributed by atoms with Crippen molar-refractivity contribution in [1.82, 2.24) is 9.47 Å². The fourth-order valence-electron chi connectivity index (χ4n) is 5.20. The monoisotopic (exact) mass is 470 g/mol. The fourth-order valence-corrected chi connectivity index (χ4v) is 5.20. The van der Waals surface area contributed by atoms with Crippen molar-refractivity contribution in [3.63, 3.8) is 0 Å². The first-order valence-corrected chi connectivity index (χ1v) is 12.6. The predicted molar refractivity (Wildman–Crippen MR) is 141 cm³/mol. The van der Waals surface area contributed by atoms with Gasteiger partial charge in [-0.1, -0.05) is 18.6 Å². The molecule has 0 amide bonds. The minimum Gasteiger partial charge on any atom is -0.508 e. The van der Waals surface area contributed by atoms with Gasteiger partial charge in [-0.3, -0.25) is 0 Å². The molecule has 5 nitrogen and oxygen atoms in total.